The minimum atomic E-state index is -0.135. The van der Waals surface area contributed by atoms with E-state index in [9.17, 15) is 4.79 Å². The Morgan fingerprint density at radius 3 is 2.28 bits per heavy atom. The van der Waals surface area contributed by atoms with Gasteiger partial charge in [0.05, 0.1) is 17.1 Å². The van der Waals surface area contributed by atoms with E-state index in [1.54, 1.807) is 35.2 Å². The maximum Gasteiger partial charge on any atom is 0.254 e. The van der Waals surface area contributed by atoms with Gasteiger partial charge < -0.3 is 14.1 Å². The summed E-state index contributed by atoms with van der Waals surface area (Å²) in [7, 11) is 0. The first-order chi connectivity index (χ1) is 15.5. The molecule has 0 unspecified atom stereocenters. The van der Waals surface area contributed by atoms with Gasteiger partial charge in [-0.05, 0) is 62.4 Å². The molecule has 0 spiro atoms. The van der Waals surface area contributed by atoms with Gasteiger partial charge in [0, 0.05) is 11.6 Å². The van der Waals surface area contributed by atoms with Gasteiger partial charge in [-0.1, -0.05) is 41.9 Å². The summed E-state index contributed by atoms with van der Waals surface area (Å²) in [5.74, 6) is 1.92. The fourth-order valence-corrected chi connectivity index (χ4v) is 3.37. The number of rotatable bonds is 7. The highest BCUT2D eigenvalue weighted by atomic mass is 35.5. The van der Waals surface area contributed by atoms with Crippen LogP contribution in [0.3, 0.4) is 0 Å². The van der Waals surface area contributed by atoms with Crippen LogP contribution in [-0.2, 0) is 6.54 Å². The maximum atomic E-state index is 13.2. The minimum absolute atomic E-state index is 0.0709. The third-order valence-electron chi connectivity index (χ3n) is 4.84. The van der Waals surface area contributed by atoms with E-state index in [-0.39, 0.29) is 18.5 Å². The van der Waals surface area contributed by atoms with E-state index < -0.39 is 0 Å². The van der Waals surface area contributed by atoms with Crippen molar-refractivity contribution in [3.8, 4) is 23.0 Å². The topological polar surface area (TPSA) is 68.5 Å². The van der Waals surface area contributed by atoms with Gasteiger partial charge in [-0.25, -0.2) is 0 Å². The van der Waals surface area contributed by atoms with Crippen LogP contribution < -0.4 is 4.74 Å². The number of hydrogen-bond donors (Lipinski definition) is 0. The Labute approximate surface area is 191 Å². The Morgan fingerprint density at radius 2 is 1.59 bits per heavy atom. The predicted molar refractivity (Wildman–Crippen MR) is 123 cm³/mol. The highest BCUT2D eigenvalue weighted by Crippen LogP contribution is 2.27. The molecular formula is C25H22ClN3O3. The molecule has 4 aromatic rings. The van der Waals surface area contributed by atoms with Crippen LogP contribution in [0, 0.1) is 0 Å². The van der Waals surface area contributed by atoms with Crippen LogP contribution in [0.2, 0.25) is 5.02 Å². The zero-order chi connectivity index (χ0) is 22.5. The summed E-state index contributed by atoms with van der Waals surface area (Å²) in [5, 5.41) is 8.72. The second-order valence-corrected chi connectivity index (χ2v) is 7.85. The molecule has 6 nitrogen and oxygen atoms in total. The molecule has 0 bridgehead atoms. The third kappa shape index (κ3) is 4.98. The van der Waals surface area contributed by atoms with E-state index in [1.165, 1.54) is 0 Å². The van der Waals surface area contributed by atoms with E-state index in [0.717, 1.165) is 5.75 Å². The number of hydrogen-bond acceptors (Lipinski definition) is 5. The summed E-state index contributed by atoms with van der Waals surface area (Å²) in [6.07, 6.45) is 0. The van der Waals surface area contributed by atoms with Crippen molar-refractivity contribution in [1.82, 2.24) is 15.1 Å². The van der Waals surface area contributed by atoms with Crippen molar-refractivity contribution < 1.29 is 13.9 Å². The van der Waals surface area contributed by atoms with Crippen LogP contribution in [0.5, 0.6) is 11.5 Å². The van der Waals surface area contributed by atoms with Gasteiger partial charge in [-0.2, -0.15) is 0 Å². The lowest BCUT2D eigenvalue weighted by Crippen LogP contribution is -2.36. The van der Waals surface area contributed by atoms with Crippen LogP contribution in [0.15, 0.2) is 83.3 Å². The predicted octanol–water partition coefficient (Wildman–Crippen LogP) is 6.23. The van der Waals surface area contributed by atoms with Crippen molar-refractivity contribution in [1.29, 1.82) is 0 Å². The summed E-state index contributed by atoms with van der Waals surface area (Å²) in [5.41, 5.74) is 1.20. The molecule has 0 saturated carbocycles. The molecule has 0 atom stereocenters. The monoisotopic (exact) mass is 447 g/mol. The fourth-order valence-electron chi connectivity index (χ4n) is 3.15. The number of ether oxygens (including phenoxy) is 1. The van der Waals surface area contributed by atoms with Crippen molar-refractivity contribution in [2.45, 2.75) is 26.4 Å². The van der Waals surface area contributed by atoms with Gasteiger partial charge in [0.1, 0.15) is 11.5 Å². The van der Waals surface area contributed by atoms with E-state index in [2.05, 4.69) is 10.2 Å². The van der Waals surface area contributed by atoms with E-state index in [1.807, 2.05) is 62.4 Å². The molecule has 0 N–H and O–H groups in total. The van der Waals surface area contributed by atoms with Gasteiger partial charge in [0.2, 0.25) is 11.8 Å². The molecule has 1 amide bonds. The maximum absolute atomic E-state index is 13.2. The lowest BCUT2D eigenvalue weighted by atomic mass is 10.1. The van der Waals surface area contributed by atoms with Gasteiger partial charge in [0.25, 0.3) is 5.91 Å². The van der Waals surface area contributed by atoms with Crippen LogP contribution in [0.25, 0.3) is 11.5 Å². The molecule has 32 heavy (non-hydrogen) atoms. The summed E-state index contributed by atoms with van der Waals surface area (Å²) in [4.78, 5) is 14.8. The molecule has 162 valence electrons. The zero-order valence-corrected chi connectivity index (χ0v) is 18.5. The lowest BCUT2D eigenvalue weighted by Gasteiger charge is -2.25. The molecule has 0 aliphatic heterocycles. The number of aromatic nitrogens is 2. The minimum Gasteiger partial charge on any atom is -0.457 e. The molecule has 1 aromatic heterocycles. The van der Waals surface area contributed by atoms with E-state index in [0.29, 0.717) is 33.7 Å². The summed E-state index contributed by atoms with van der Waals surface area (Å²) < 4.78 is 11.6. The van der Waals surface area contributed by atoms with Gasteiger partial charge in [0.15, 0.2) is 0 Å². The molecule has 0 radical (unpaired) electrons. The number of halogens is 1. The number of nitrogens with zero attached hydrogens (tertiary/aromatic N) is 3. The fraction of sp³-hybridized carbons (Fsp3) is 0.160. The molecule has 3 aromatic carbocycles. The van der Waals surface area contributed by atoms with Crippen molar-refractivity contribution in [2.75, 3.05) is 0 Å². The molecule has 4 rings (SSSR count). The first-order valence-electron chi connectivity index (χ1n) is 10.2. The van der Waals surface area contributed by atoms with E-state index in [4.69, 9.17) is 20.8 Å². The van der Waals surface area contributed by atoms with Crippen LogP contribution >= 0.6 is 11.6 Å². The largest absolute Gasteiger partial charge is 0.457 e. The van der Waals surface area contributed by atoms with Crippen LogP contribution in [0.1, 0.15) is 30.1 Å². The summed E-state index contributed by atoms with van der Waals surface area (Å²) in [6, 6.07) is 23.7. The average Bonchev–Trinajstić information content (AvgIpc) is 3.27. The zero-order valence-electron chi connectivity index (χ0n) is 17.7. The third-order valence-corrected chi connectivity index (χ3v) is 5.17. The standard InChI is InChI=1S/C25H22ClN3O3/c1-17(2)29(16-23-27-28-24(32-23)21-10-6-7-11-22(21)26)25(30)18-12-14-20(15-13-18)31-19-8-4-3-5-9-19/h3-15,17H,16H2,1-2H3. The smallest absolute Gasteiger partial charge is 0.254 e. The van der Waals surface area contributed by atoms with Gasteiger partial charge in [-0.15, -0.1) is 10.2 Å². The first kappa shape index (κ1) is 21.6. The second kappa shape index (κ2) is 9.66. The second-order valence-electron chi connectivity index (χ2n) is 7.45. The highest BCUT2D eigenvalue weighted by molar-refractivity contribution is 6.33. The van der Waals surface area contributed by atoms with Crippen LogP contribution in [0.4, 0.5) is 0 Å². The van der Waals surface area contributed by atoms with Gasteiger partial charge >= 0.3 is 0 Å². The summed E-state index contributed by atoms with van der Waals surface area (Å²) in [6.45, 7) is 4.07. The number of para-hydroxylation sites is 1. The Bertz CT molecular complexity index is 1190. The van der Waals surface area contributed by atoms with Crippen molar-refractivity contribution in [2.24, 2.45) is 0 Å². The Balaban J connectivity index is 1.48. The number of carbonyl (C=O) groups excluding carboxylic acids is 1. The summed E-state index contributed by atoms with van der Waals surface area (Å²) >= 11 is 6.22. The molecule has 0 fully saturated rings. The molecule has 0 aliphatic carbocycles. The quantitative estimate of drug-likeness (QED) is 0.335. The van der Waals surface area contributed by atoms with Crippen molar-refractivity contribution in [3.05, 3.63) is 95.3 Å². The van der Waals surface area contributed by atoms with Crippen LogP contribution in [-0.4, -0.2) is 27.0 Å². The highest BCUT2D eigenvalue weighted by Gasteiger charge is 2.22. The van der Waals surface area contributed by atoms with Gasteiger partial charge in [-0.3, -0.25) is 4.79 Å². The molecule has 0 aliphatic rings. The molecule has 1 heterocycles. The van der Waals surface area contributed by atoms with E-state index >= 15 is 0 Å². The number of amides is 1. The normalized spacial score (nSPS) is 10.9. The average molecular weight is 448 g/mol. The SMILES string of the molecule is CC(C)N(Cc1nnc(-c2ccccc2Cl)o1)C(=O)c1ccc(Oc2ccccc2)cc1. The van der Waals surface area contributed by atoms with Crippen molar-refractivity contribution >= 4 is 17.5 Å². The molecule has 0 saturated heterocycles. The number of carbonyl (C=O) groups is 1. The Kier molecular flexibility index (Phi) is 6.52. The molecular weight excluding hydrogens is 426 g/mol. The number of benzene rings is 3. The molecule has 7 heteroatoms. The van der Waals surface area contributed by atoms with Crippen molar-refractivity contribution in [3.63, 3.8) is 0 Å². The first-order valence-corrected chi connectivity index (χ1v) is 10.6. The Morgan fingerprint density at radius 1 is 0.938 bits per heavy atom. The Hall–Kier alpha value is -3.64. The lowest BCUT2D eigenvalue weighted by molar-refractivity contribution is 0.0672.